The van der Waals surface area contributed by atoms with Gasteiger partial charge in [0.2, 0.25) is 21.8 Å². The lowest BCUT2D eigenvalue weighted by atomic mass is 10.1. The van der Waals surface area contributed by atoms with Gasteiger partial charge in [-0.2, -0.15) is 0 Å². The van der Waals surface area contributed by atoms with Crippen molar-refractivity contribution in [3.05, 3.63) is 64.4 Å². The van der Waals surface area contributed by atoms with Gasteiger partial charge in [0.15, 0.2) is 0 Å². The number of sulfonamides is 1. The van der Waals surface area contributed by atoms with Crippen molar-refractivity contribution >= 4 is 39.1 Å². The second kappa shape index (κ2) is 11.5. The number of nitrogens with one attached hydrogen (secondary N) is 1. The van der Waals surface area contributed by atoms with E-state index in [4.69, 9.17) is 11.6 Å². The van der Waals surface area contributed by atoms with Gasteiger partial charge in [-0.25, -0.2) is 12.8 Å². The zero-order valence-electron chi connectivity index (χ0n) is 19.1. The maximum absolute atomic E-state index is 14.3. The topological polar surface area (TPSA) is 86.8 Å². The molecule has 0 aliphatic rings. The minimum atomic E-state index is -3.86. The number of benzene rings is 2. The lowest BCUT2D eigenvalue weighted by Gasteiger charge is -2.31. The summed E-state index contributed by atoms with van der Waals surface area (Å²) in [6, 6.07) is 9.63. The lowest BCUT2D eigenvalue weighted by Crippen LogP contribution is -2.51. The van der Waals surface area contributed by atoms with E-state index in [1.54, 1.807) is 25.1 Å². The van der Waals surface area contributed by atoms with E-state index in [0.717, 1.165) is 16.1 Å². The minimum absolute atomic E-state index is 0.196. The normalized spacial score (nSPS) is 12.2. The maximum Gasteiger partial charge on any atom is 0.244 e. The first-order valence-corrected chi connectivity index (χ1v) is 12.7. The predicted molar refractivity (Wildman–Crippen MR) is 128 cm³/mol. The number of aryl methyl sites for hydroxylation is 1. The number of hydrogen-bond donors (Lipinski definition) is 1. The summed E-state index contributed by atoms with van der Waals surface area (Å²) >= 11 is 6.16. The van der Waals surface area contributed by atoms with Crippen LogP contribution in [-0.2, 0) is 26.2 Å². The molecule has 1 N–H and O–H groups in total. The summed E-state index contributed by atoms with van der Waals surface area (Å²) in [6.45, 7) is 4.84. The molecule has 1 atom stereocenters. The SMILES string of the molecule is CCCNC(=O)[C@H](C)N(Cc1ccccc1F)C(=O)CN(c1ccc(C)c(Cl)c1)S(C)(=O)=O. The molecule has 33 heavy (non-hydrogen) atoms. The number of rotatable bonds is 10. The molecule has 180 valence electrons. The quantitative estimate of drug-likeness (QED) is 0.544. The number of amides is 2. The molecule has 2 rings (SSSR count). The standard InChI is InChI=1S/C23H29ClFN3O4S/c1-5-12-26-23(30)17(3)27(14-18-8-6-7-9-21(18)25)22(29)15-28(33(4,31)32)19-11-10-16(2)20(24)13-19/h6-11,13,17H,5,12,14-15H2,1-4H3,(H,26,30)/t17-/m0/s1. The van der Waals surface area contributed by atoms with E-state index >= 15 is 0 Å². The van der Waals surface area contributed by atoms with Crippen LogP contribution in [0.15, 0.2) is 42.5 Å². The van der Waals surface area contributed by atoms with Crippen LogP contribution < -0.4 is 9.62 Å². The van der Waals surface area contributed by atoms with Crippen molar-refractivity contribution in [2.75, 3.05) is 23.7 Å². The Hall–Kier alpha value is -2.65. The van der Waals surface area contributed by atoms with Gasteiger partial charge in [0.05, 0.1) is 11.9 Å². The van der Waals surface area contributed by atoms with Crippen LogP contribution in [0, 0.1) is 12.7 Å². The molecule has 0 unspecified atom stereocenters. The van der Waals surface area contributed by atoms with Gasteiger partial charge < -0.3 is 10.2 Å². The van der Waals surface area contributed by atoms with Gasteiger partial charge >= 0.3 is 0 Å². The first-order valence-electron chi connectivity index (χ1n) is 10.5. The molecule has 0 spiro atoms. The molecule has 0 saturated heterocycles. The molecular formula is C23H29ClFN3O4S. The van der Waals surface area contributed by atoms with Crippen molar-refractivity contribution in [3.63, 3.8) is 0 Å². The molecule has 10 heteroatoms. The van der Waals surface area contributed by atoms with E-state index < -0.39 is 40.2 Å². The van der Waals surface area contributed by atoms with Crippen LogP contribution in [-0.4, -0.2) is 50.5 Å². The summed E-state index contributed by atoms with van der Waals surface area (Å²) in [5.74, 6) is -1.59. The monoisotopic (exact) mass is 497 g/mol. The predicted octanol–water partition coefficient (Wildman–Crippen LogP) is 3.50. The largest absolute Gasteiger partial charge is 0.354 e. The molecule has 0 aliphatic carbocycles. The van der Waals surface area contributed by atoms with Crippen molar-refractivity contribution in [2.45, 2.75) is 39.8 Å². The Balaban J connectivity index is 2.40. The van der Waals surface area contributed by atoms with E-state index in [9.17, 15) is 22.4 Å². The number of carbonyl (C=O) groups is 2. The van der Waals surface area contributed by atoms with E-state index in [-0.39, 0.29) is 17.8 Å². The second-order valence-corrected chi connectivity index (χ2v) is 10.1. The summed E-state index contributed by atoms with van der Waals surface area (Å²) in [5.41, 5.74) is 1.18. The van der Waals surface area contributed by atoms with E-state index in [0.29, 0.717) is 18.0 Å². The Morgan fingerprint density at radius 1 is 1.18 bits per heavy atom. The summed E-state index contributed by atoms with van der Waals surface area (Å²) in [6.07, 6.45) is 1.68. The Kier molecular flexibility index (Phi) is 9.25. The molecule has 0 aromatic heterocycles. The highest BCUT2D eigenvalue weighted by atomic mass is 35.5. The third-order valence-corrected chi connectivity index (χ3v) is 6.69. The van der Waals surface area contributed by atoms with Crippen molar-refractivity contribution < 1.29 is 22.4 Å². The van der Waals surface area contributed by atoms with Crippen LogP contribution in [0.1, 0.15) is 31.4 Å². The molecule has 2 amide bonds. The van der Waals surface area contributed by atoms with Crippen molar-refractivity contribution in [3.8, 4) is 0 Å². The average Bonchev–Trinajstić information content (AvgIpc) is 2.75. The van der Waals surface area contributed by atoms with Crippen LogP contribution in [0.25, 0.3) is 0 Å². The molecule has 0 saturated carbocycles. The fourth-order valence-electron chi connectivity index (χ4n) is 3.14. The second-order valence-electron chi connectivity index (χ2n) is 7.78. The maximum atomic E-state index is 14.3. The summed E-state index contributed by atoms with van der Waals surface area (Å²) in [7, 11) is -3.86. The zero-order chi connectivity index (χ0) is 24.8. The molecular weight excluding hydrogens is 469 g/mol. The highest BCUT2D eigenvalue weighted by Crippen LogP contribution is 2.25. The van der Waals surface area contributed by atoms with Gasteiger partial charge in [0.25, 0.3) is 0 Å². The van der Waals surface area contributed by atoms with E-state index in [1.165, 1.54) is 36.1 Å². The Labute approximate surface area is 199 Å². The van der Waals surface area contributed by atoms with Gasteiger partial charge in [-0.3, -0.25) is 13.9 Å². The van der Waals surface area contributed by atoms with Crippen LogP contribution in [0.3, 0.4) is 0 Å². The number of anilines is 1. The van der Waals surface area contributed by atoms with Crippen LogP contribution in [0.4, 0.5) is 10.1 Å². The highest BCUT2D eigenvalue weighted by molar-refractivity contribution is 7.92. The summed E-state index contributed by atoms with van der Waals surface area (Å²) in [5, 5.41) is 3.07. The summed E-state index contributed by atoms with van der Waals surface area (Å²) in [4.78, 5) is 27.1. The molecule has 0 bridgehead atoms. The third-order valence-electron chi connectivity index (χ3n) is 5.14. The highest BCUT2D eigenvalue weighted by Gasteiger charge is 2.30. The molecule has 0 heterocycles. The fourth-order valence-corrected chi connectivity index (χ4v) is 4.16. The van der Waals surface area contributed by atoms with Crippen LogP contribution in [0.2, 0.25) is 5.02 Å². The van der Waals surface area contributed by atoms with E-state index in [2.05, 4.69) is 5.32 Å². The minimum Gasteiger partial charge on any atom is -0.354 e. The molecule has 0 radical (unpaired) electrons. The smallest absolute Gasteiger partial charge is 0.244 e. The molecule has 7 nitrogen and oxygen atoms in total. The number of halogens is 2. The Bertz CT molecular complexity index is 1110. The van der Waals surface area contributed by atoms with Crippen molar-refractivity contribution in [2.24, 2.45) is 0 Å². The van der Waals surface area contributed by atoms with Gasteiger partial charge in [-0.05, 0) is 44.0 Å². The van der Waals surface area contributed by atoms with Crippen LogP contribution >= 0.6 is 11.6 Å². The zero-order valence-corrected chi connectivity index (χ0v) is 20.7. The average molecular weight is 498 g/mol. The lowest BCUT2D eigenvalue weighted by molar-refractivity contribution is -0.139. The molecule has 0 aliphatic heterocycles. The third kappa shape index (κ3) is 7.17. The molecule has 2 aromatic carbocycles. The van der Waals surface area contributed by atoms with E-state index in [1.807, 2.05) is 6.92 Å². The Morgan fingerprint density at radius 2 is 1.85 bits per heavy atom. The van der Waals surface area contributed by atoms with Gasteiger partial charge in [-0.15, -0.1) is 0 Å². The molecule has 2 aromatic rings. The number of nitrogens with zero attached hydrogens (tertiary/aromatic N) is 2. The molecule has 0 fully saturated rings. The number of carbonyl (C=O) groups excluding carboxylic acids is 2. The van der Waals surface area contributed by atoms with Crippen molar-refractivity contribution in [1.82, 2.24) is 10.2 Å². The first-order chi connectivity index (χ1) is 15.5. The van der Waals surface area contributed by atoms with Gasteiger partial charge in [-0.1, -0.05) is 42.8 Å². The summed E-state index contributed by atoms with van der Waals surface area (Å²) < 4.78 is 40.3. The Morgan fingerprint density at radius 3 is 2.42 bits per heavy atom. The number of hydrogen-bond acceptors (Lipinski definition) is 4. The first kappa shape index (κ1) is 26.6. The van der Waals surface area contributed by atoms with Crippen LogP contribution in [0.5, 0.6) is 0 Å². The van der Waals surface area contributed by atoms with Gasteiger partial charge in [0.1, 0.15) is 18.4 Å². The van der Waals surface area contributed by atoms with Gasteiger partial charge in [0, 0.05) is 23.7 Å². The van der Waals surface area contributed by atoms with Crippen molar-refractivity contribution in [1.29, 1.82) is 0 Å². The fraction of sp³-hybridized carbons (Fsp3) is 0.391.